The maximum absolute atomic E-state index is 11.4. The number of nitrogens with zero attached hydrogens (tertiary/aromatic N) is 2. The Morgan fingerprint density at radius 3 is 2.77 bits per heavy atom. The first-order valence-electron chi connectivity index (χ1n) is 9.55. The predicted molar refractivity (Wildman–Crippen MR) is 121 cm³/mol. The number of benzene rings is 2. The lowest BCUT2D eigenvalue weighted by atomic mass is 10.2. The van der Waals surface area contributed by atoms with Gasteiger partial charge >= 0.3 is 0 Å². The quantitative estimate of drug-likeness (QED) is 0.359. The third kappa shape index (κ3) is 4.64. The molecule has 0 bridgehead atoms. The van der Waals surface area contributed by atoms with E-state index in [1.807, 2.05) is 49.4 Å². The molecule has 2 aromatic heterocycles. The van der Waals surface area contributed by atoms with Crippen molar-refractivity contribution in [3.05, 3.63) is 78.1 Å². The van der Waals surface area contributed by atoms with Crippen molar-refractivity contribution in [3.8, 4) is 0 Å². The minimum atomic E-state index is -0.150. The molecule has 4 aromatic rings. The number of aromatic nitrogens is 3. The summed E-state index contributed by atoms with van der Waals surface area (Å²) in [6.45, 7) is 2.04. The smallest absolute Gasteiger partial charge is 0.243 e. The summed E-state index contributed by atoms with van der Waals surface area (Å²) in [6.07, 6.45) is 4.94. The molecule has 0 spiro atoms. The van der Waals surface area contributed by atoms with Crippen molar-refractivity contribution in [2.45, 2.75) is 6.92 Å². The molecule has 0 atom stereocenters. The van der Waals surface area contributed by atoms with E-state index < -0.39 is 0 Å². The van der Waals surface area contributed by atoms with Crippen LogP contribution in [0.3, 0.4) is 0 Å². The first-order chi connectivity index (χ1) is 14.6. The van der Waals surface area contributed by atoms with Crippen LogP contribution in [-0.2, 0) is 4.79 Å². The zero-order valence-electron chi connectivity index (χ0n) is 16.7. The van der Waals surface area contributed by atoms with Gasteiger partial charge in [0.2, 0.25) is 11.9 Å². The average molecular weight is 398 g/mol. The molecule has 0 fully saturated rings. The fourth-order valence-electron chi connectivity index (χ4n) is 3.10. The van der Waals surface area contributed by atoms with Crippen molar-refractivity contribution >= 4 is 46.0 Å². The standard InChI is InChI=1S/C23H22N6O/c1-15-12-17-14-19(7-8-20(17)26-15)27-21-10-11-25-23(29-21)28-18-5-3-4-16(13-18)6-9-22(30)24-2/h3-14,26H,1-2H3,(H,24,30)(H2,25,27,28,29)/b9-6+. The number of carbonyl (C=O) groups is 1. The van der Waals surface area contributed by atoms with E-state index >= 15 is 0 Å². The number of amides is 1. The van der Waals surface area contributed by atoms with Gasteiger partial charge in [0, 0.05) is 47.3 Å². The highest BCUT2D eigenvalue weighted by molar-refractivity contribution is 5.91. The van der Waals surface area contributed by atoms with Gasteiger partial charge in [0.15, 0.2) is 0 Å². The van der Waals surface area contributed by atoms with Crippen LogP contribution in [0.25, 0.3) is 17.0 Å². The number of H-pyrrole nitrogens is 1. The highest BCUT2D eigenvalue weighted by Gasteiger charge is 2.04. The molecule has 4 N–H and O–H groups in total. The van der Waals surface area contributed by atoms with Crippen LogP contribution < -0.4 is 16.0 Å². The lowest BCUT2D eigenvalue weighted by molar-refractivity contribution is -0.115. The van der Waals surface area contributed by atoms with E-state index in [1.54, 1.807) is 19.3 Å². The van der Waals surface area contributed by atoms with E-state index in [0.717, 1.165) is 33.5 Å². The summed E-state index contributed by atoms with van der Waals surface area (Å²) < 4.78 is 0. The summed E-state index contributed by atoms with van der Waals surface area (Å²) in [5, 5.41) is 10.2. The largest absolute Gasteiger partial charge is 0.359 e. The first-order valence-corrected chi connectivity index (χ1v) is 9.55. The van der Waals surface area contributed by atoms with Crippen LogP contribution in [-0.4, -0.2) is 27.9 Å². The van der Waals surface area contributed by atoms with Crippen molar-refractivity contribution < 1.29 is 4.79 Å². The van der Waals surface area contributed by atoms with Crippen LogP contribution in [0.2, 0.25) is 0 Å². The molecule has 0 unspecified atom stereocenters. The molecule has 30 heavy (non-hydrogen) atoms. The summed E-state index contributed by atoms with van der Waals surface area (Å²) in [6, 6.07) is 17.7. The number of fused-ring (bicyclic) bond motifs is 1. The molecular weight excluding hydrogens is 376 g/mol. The molecule has 1 amide bonds. The minimum Gasteiger partial charge on any atom is -0.359 e. The molecule has 0 aliphatic carbocycles. The van der Waals surface area contributed by atoms with Gasteiger partial charge in [-0.2, -0.15) is 4.98 Å². The van der Waals surface area contributed by atoms with Gasteiger partial charge in [-0.3, -0.25) is 4.79 Å². The van der Waals surface area contributed by atoms with Crippen molar-refractivity contribution in [2.75, 3.05) is 17.7 Å². The zero-order valence-corrected chi connectivity index (χ0v) is 16.7. The third-order valence-electron chi connectivity index (χ3n) is 4.50. The second-order valence-corrected chi connectivity index (χ2v) is 6.84. The highest BCUT2D eigenvalue weighted by atomic mass is 16.1. The Morgan fingerprint density at radius 2 is 1.90 bits per heavy atom. The number of rotatable bonds is 6. The van der Waals surface area contributed by atoms with Crippen molar-refractivity contribution in [1.82, 2.24) is 20.3 Å². The molecule has 2 heterocycles. The molecule has 7 heteroatoms. The number of hydrogen-bond donors (Lipinski definition) is 4. The third-order valence-corrected chi connectivity index (χ3v) is 4.50. The van der Waals surface area contributed by atoms with Gasteiger partial charge in [-0.25, -0.2) is 4.98 Å². The van der Waals surface area contributed by atoms with E-state index in [2.05, 4.69) is 43.0 Å². The van der Waals surface area contributed by atoms with Gasteiger partial charge < -0.3 is 20.9 Å². The summed E-state index contributed by atoms with van der Waals surface area (Å²) in [7, 11) is 1.60. The lowest BCUT2D eigenvalue weighted by Gasteiger charge is -2.09. The Morgan fingerprint density at radius 1 is 1.03 bits per heavy atom. The number of nitrogens with one attached hydrogen (secondary N) is 4. The van der Waals surface area contributed by atoms with Gasteiger partial charge in [0.1, 0.15) is 5.82 Å². The number of hydrogen-bond acceptors (Lipinski definition) is 5. The Balaban J connectivity index is 1.49. The Bertz CT molecular complexity index is 1230. The fourth-order valence-corrected chi connectivity index (χ4v) is 3.10. The van der Waals surface area contributed by atoms with E-state index in [9.17, 15) is 4.79 Å². The maximum Gasteiger partial charge on any atom is 0.243 e. The summed E-state index contributed by atoms with van der Waals surface area (Å²) in [4.78, 5) is 23.5. The van der Waals surface area contributed by atoms with Gasteiger partial charge in [0.05, 0.1) is 0 Å². The van der Waals surface area contributed by atoms with E-state index in [0.29, 0.717) is 11.8 Å². The normalized spacial score (nSPS) is 11.0. The molecule has 0 saturated carbocycles. The Kier molecular flexibility index (Phi) is 5.43. The van der Waals surface area contributed by atoms with Crippen LogP contribution in [0.4, 0.5) is 23.1 Å². The number of aryl methyl sites for hydroxylation is 1. The summed E-state index contributed by atoms with van der Waals surface area (Å²) >= 11 is 0. The molecule has 0 saturated heterocycles. The second-order valence-electron chi connectivity index (χ2n) is 6.84. The number of anilines is 4. The number of aromatic amines is 1. The van der Waals surface area contributed by atoms with Crippen LogP contribution in [0, 0.1) is 6.92 Å². The maximum atomic E-state index is 11.4. The summed E-state index contributed by atoms with van der Waals surface area (Å²) in [5.41, 5.74) is 4.91. The van der Waals surface area contributed by atoms with Crippen molar-refractivity contribution in [3.63, 3.8) is 0 Å². The topological polar surface area (TPSA) is 94.7 Å². The van der Waals surface area contributed by atoms with E-state index in [1.165, 1.54) is 6.08 Å². The molecule has 2 aromatic carbocycles. The highest BCUT2D eigenvalue weighted by Crippen LogP contribution is 2.23. The number of likely N-dealkylation sites (N-methyl/N-ethyl adjacent to an activating group) is 1. The Labute approximate surface area is 174 Å². The monoisotopic (exact) mass is 398 g/mol. The van der Waals surface area contributed by atoms with Crippen LogP contribution in [0.15, 0.2) is 66.9 Å². The molecular formula is C23H22N6O. The molecule has 0 aliphatic heterocycles. The van der Waals surface area contributed by atoms with E-state index in [4.69, 9.17) is 0 Å². The van der Waals surface area contributed by atoms with Crippen molar-refractivity contribution in [2.24, 2.45) is 0 Å². The van der Waals surface area contributed by atoms with Gasteiger partial charge in [-0.1, -0.05) is 12.1 Å². The number of carbonyl (C=O) groups excluding carboxylic acids is 1. The van der Waals surface area contributed by atoms with Gasteiger partial charge in [0.25, 0.3) is 0 Å². The van der Waals surface area contributed by atoms with Gasteiger partial charge in [-0.15, -0.1) is 0 Å². The van der Waals surface area contributed by atoms with Crippen LogP contribution >= 0.6 is 0 Å². The fraction of sp³-hybridized carbons (Fsp3) is 0.0870. The second kappa shape index (κ2) is 8.48. The first kappa shape index (κ1) is 19.2. The van der Waals surface area contributed by atoms with Gasteiger partial charge in [-0.05, 0) is 61.0 Å². The van der Waals surface area contributed by atoms with Crippen LogP contribution in [0.1, 0.15) is 11.3 Å². The molecule has 150 valence electrons. The Hall–Kier alpha value is -4.13. The summed E-state index contributed by atoms with van der Waals surface area (Å²) in [5.74, 6) is 1.02. The molecule has 0 aliphatic rings. The lowest BCUT2D eigenvalue weighted by Crippen LogP contribution is -2.13. The van der Waals surface area contributed by atoms with Crippen LogP contribution in [0.5, 0.6) is 0 Å². The van der Waals surface area contributed by atoms with E-state index in [-0.39, 0.29) is 5.91 Å². The SMILES string of the molecule is CNC(=O)/C=C/c1cccc(Nc2nccc(Nc3ccc4[nH]c(C)cc4c3)n2)c1. The van der Waals surface area contributed by atoms with Crippen molar-refractivity contribution in [1.29, 1.82) is 0 Å². The molecule has 0 radical (unpaired) electrons. The predicted octanol–water partition coefficient (Wildman–Crippen LogP) is 4.51. The molecule has 4 rings (SSSR count). The molecule has 7 nitrogen and oxygen atoms in total. The average Bonchev–Trinajstić information content (AvgIpc) is 3.12. The zero-order chi connectivity index (χ0) is 20.9. The minimum absolute atomic E-state index is 0.150.